The second-order valence-corrected chi connectivity index (χ2v) is 12.2. The number of carbonyl (C=O) groups excluding carboxylic acids is 3. The number of hydrogen-bond donors (Lipinski definition) is 1. The zero-order valence-corrected chi connectivity index (χ0v) is 24.3. The SMILES string of the molecule is COc1ccc([C@@H]2c3sc(=O)n(CC(=O)Nc4cccc(C(F)(F)F)c4)c3S[C@H]3C(=O)N(c4ccc(F)cc4)C(=O)[C@@H]23)cc1. The lowest BCUT2D eigenvalue weighted by molar-refractivity contribution is -0.137. The highest BCUT2D eigenvalue weighted by atomic mass is 32.2. The first-order valence-electron chi connectivity index (χ1n) is 13.1. The summed E-state index contributed by atoms with van der Waals surface area (Å²) in [5, 5.41) is 1.74. The van der Waals surface area contributed by atoms with Crippen molar-refractivity contribution < 1.29 is 36.7 Å². The van der Waals surface area contributed by atoms with Crippen LogP contribution in [0.4, 0.5) is 28.9 Å². The Morgan fingerprint density at radius 1 is 0.977 bits per heavy atom. The number of nitrogens with zero attached hydrogens (tertiary/aromatic N) is 2. The number of aromatic nitrogens is 1. The van der Waals surface area contributed by atoms with E-state index in [1.807, 2.05) is 0 Å². The maximum absolute atomic E-state index is 13.9. The number of methoxy groups -OCH3 is 1. The van der Waals surface area contributed by atoms with Gasteiger partial charge in [-0.05, 0) is 60.2 Å². The van der Waals surface area contributed by atoms with Gasteiger partial charge in [0.1, 0.15) is 23.4 Å². The highest BCUT2D eigenvalue weighted by Crippen LogP contribution is 2.54. The molecule has 3 aromatic carbocycles. The molecular weight excluding hydrogens is 622 g/mol. The normalized spacial score (nSPS) is 19.5. The third-order valence-corrected chi connectivity index (χ3v) is 9.99. The van der Waals surface area contributed by atoms with Crippen molar-refractivity contribution in [2.24, 2.45) is 5.92 Å². The van der Waals surface area contributed by atoms with Crippen LogP contribution in [-0.4, -0.2) is 34.6 Å². The molecule has 8 nitrogen and oxygen atoms in total. The van der Waals surface area contributed by atoms with E-state index in [-0.39, 0.29) is 11.4 Å². The Morgan fingerprint density at radius 2 is 1.68 bits per heavy atom. The van der Waals surface area contributed by atoms with Gasteiger partial charge in [-0.1, -0.05) is 41.3 Å². The Labute approximate surface area is 255 Å². The van der Waals surface area contributed by atoms with Gasteiger partial charge in [0.15, 0.2) is 0 Å². The second-order valence-electron chi connectivity index (χ2n) is 10.1. The van der Waals surface area contributed by atoms with E-state index in [0.29, 0.717) is 21.2 Å². The standard InChI is InChI=1S/C30H21F4N3O5S2/c1-42-20-11-5-15(6-12-20)22-23-24(27(40)37(26(23)39)19-9-7-17(31)8-10-19)43-28-25(22)44-29(41)36(28)14-21(38)35-18-4-2-3-16(13-18)30(32,33)34/h2-13,22-24H,14H2,1H3,(H,35,38)/t22-,23-,24+/m0/s1. The number of ether oxygens (including phenoxy) is 1. The molecule has 2 aliphatic rings. The molecule has 3 atom stereocenters. The Morgan fingerprint density at radius 3 is 2.34 bits per heavy atom. The maximum Gasteiger partial charge on any atom is 0.416 e. The minimum Gasteiger partial charge on any atom is -0.497 e. The molecule has 0 aliphatic carbocycles. The molecule has 0 saturated carbocycles. The van der Waals surface area contributed by atoms with Crippen molar-refractivity contribution in [3.63, 3.8) is 0 Å². The second kappa shape index (κ2) is 11.2. The van der Waals surface area contributed by atoms with Gasteiger partial charge in [0, 0.05) is 16.5 Å². The molecule has 0 unspecified atom stereocenters. The molecule has 1 N–H and O–H groups in total. The van der Waals surface area contributed by atoms with Gasteiger partial charge in [-0.15, -0.1) is 0 Å². The van der Waals surface area contributed by atoms with Crippen LogP contribution in [0.1, 0.15) is 21.9 Å². The van der Waals surface area contributed by atoms with Gasteiger partial charge in [-0.3, -0.25) is 23.7 Å². The van der Waals surface area contributed by atoms with Gasteiger partial charge in [0.25, 0.3) is 0 Å². The van der Waals surface area contributed by atoms with Crippen molar-refractivity contribution in [1.29, 1.82) is 0 Å². The summed E-state index contributed by atoms with van der Waals surface area (Å²) in [4.78, 5) is 54.8. The van der Waals surface area contributed by atoms with Crippen molar-refractivity contribution >= 4 is 52.2 Å². The van der Waals surface area contributed by atoms with Crippen molar-refractivity contribution in [3.05, 3.63) is 104 Å². The lowest BCUT2D eigenvalue weighted by atomic mass is 9.83. The van der Waals surface area contributed by atoms with Crippen LogP contribution < -0.4 is 19.8 Å². The topological polar surface area (TPSA) is 97.7 Å². The van der Waals surface area contributed by atoms with E-state index in [1.165, 1.54) is 29.9 Å². The molecule has 3 amide bonds. The number of fused-ring (bicyclic) bond motifs is 2. The maximum atomic E-state index is 13.9. The summed E-state index contributed by atoms with van der Waals surface area (Å²) in [7, 11) is 1.50. The number of benzene rings is 3. The molecule has 0 radical (unpaired) electrons. The van der Waals surface area contributed by atoms with E-state index in [9.17, 15) is 36.7 Å². The van der Waals surface area contributed by atoms with Gasteiger partial charge in [0.05, 0.1) is 29.3 Å². The highest BCUT2D eigenvalue weighted by molar-refractivity contribution is 8.00. The molecule has 44 heavy (non-hydrogen) atoms. The monoisotopic (exact) mass is 643 g/mol. The molecule has 14 heteroatoms. The summed E-state index contributed by atoms with van der Waals surface area (Å²) in [5.41, 5.74) is -0.214. The fourth-order valence-electron chi connectivity index (χ4n) is 5.39. The Bertz CT molecular complexity index is 1840. The van der Waals surface area contributed by atoms with Gasteiger partial charge >= 0.3 is 11.0 Å². The number of nitrogens with one attached hydrogen (secondary N) is 1. The first-order chi connectivity index (χ1) is 21.0. The number of rotatable bonds is 6. The molecule has 6 rings (SSSR count). The van der Waals surface area contributed by atoms with Crippen LogP contribution in [0.25, 0.3) is 0 Å². The molecular formula is C30H21F4N3O5S2. The Kier molecular flexibility index (Phi) is 7.58. The third kappa shape index (κ3) is 5.28. The van der Waals surface area contributed by atoms with Crippen molar-refractivity contribution in [3.8, 4) is 5.75 Å². The van der Waals surface area contributed by atoms with E-state index in [0.717, 1.165) is 58.3 Å². The molecule has 4 aromatic rings. The van der Waals surface area contributed by atoms with Gasteiger partial charge in [0.2, 0.25) is 17.7 Å². The van der Waals surface area contributed by atoms with E-state index in [4.69, 9.17) is 4.74 Å². The summed E-state index contributed by atoms with van der Waals surface area (Å²) < 4.78 is 59.5. The summed E-state index contributed by atoms with van der Waals surface area (Å²) >= 11 is 1.81. The van der Waals surface area contributed by atoms with Crippen molar-refractivity contribution in [2.45, 2.75) is 28.9 Å². The molecule has 1 saturated heterocycles. The number of anilines is 2. The third-order valence-electron chi connectivity index (χ3n) is 7.38. The molecule has 226 valence electrons. The average molecular weight is 644 g/mol. The lowest BCUT2D eigenvalue weighted by Crippen LogP contribution is -2.33. The molecule has 1 aromatic heterocycles. The van der Waals surface area contributed by atoms with Gasteiger partial charge in [-0.2, -0.15) is 13.2 Å². The number of thiazole rings is 1. The average Bonchev–Trinajstić information content (AvgIpc) is 3.43. The number of thioether (sulfide) groups is 1. The predicted molar refractivity (Wildman–Crippen MR) is 156 cm³/mol. The minimum atomic E-state index is -4.61. The number of halogens is 4. The predicted octanol–water partition coefficient (Wildman–Crippen LogP) is 5.51. The highest BCUT2D eigenvalue weighted by Gasteiger charge is 2.56. The number of alkyl halides is 3. The molecule has 0 bridgehead atoms. The van der Waals surface area contributed by atoms with Crippen LogP contribution in [0.5, 0.6) is 5.75 Å². The summed E-state index contributed by atoms with van der Waals surface area (Å²) in [5.74, 6) is -3.46. The van der Waals surface area contributed by atoms with Crippen molar-refractivity contribution in [1.82, 2.24) is 4.57 Å². The molecule has 1 fully saturated rings. The Hall–Kier alpha value is -4.43. The molecule has 0 spiro atoms. The van der Waals surface area contributed by atoms with Crippen LogP contribution in [0.2, 0.25) is 0 Å². The van der Waals surface area contributed by atoms with Crippen LogP contribution in [-0.2, 0) is 27.1 Å². The largest absolute Gasteiger partial charge is 0.497 e. The zero-order chi connectivity index (χ0) is 31.3. The Balaban J connectivity index is 1.38. The van der Waals surface area contributed by atoms with E-state index >= 15 is 0 Å². The lowest BCUT2D eigenvalue weighted by Gasteiger charge is -2.30. The van der Waals surface area contributed by atoms with E-state index in [1.54, 1.807) is 24.3 Å². The van der Waals surface area contributed by atoms with Crippen LogP contribution in [0, 0.1) is 11.7 Å². The first kappa shape index (κ1) is 29.6. The first-order valence-corrected chi connectivity index (χ1v) is 14.8. The fourth-order valence-corrected chi connectivity index (χ4v) is 8.16. The van der Waals surface area contributed by atoms with E-state index < -0.39 is 63.8 Å². The van der Waals surface area contributed by atoms with Gasteiger partial charge < -0.3 is 10.1 Å². The summed E-state index contributed by atoms with van der Waals surface area (Å²) in [6.45, 7) is -0.537. The van der Waals surface area contributed by atoms with Crippen LogP contribution >= 0.6 is 23.1 Å². The quantitative estimate of drug-likeness (QED) is 0.220. The van der Waals surface area contributed by atoms with Crippen LogP contribution in [0.3, 0.4) is 0 Å². The minimum absolute atomic E-state index is 0.0997. The molecule has 2 aliphatic heterocycles. The summed E-state index contributed by atoms with van der Waals surface area (Å²) in [6, 6.07) is 15.9. The van der Waals surface area contributed by atoms with Crippen molar-refractivity contribution in [2.75, 3.05) is 17.3 Å². The number of carbonyl (C=O) groups is 3. The zero-order valence-electron chi connectivity index (χ0n) is 22.6. The smallest absolute Gasteiger partial charge is 0.416 e. The summed E-state index contributed by atoms with van der Waals surface area (Å²) in [6.07, 6.45) is -4.61. The van der Waals surface area contributed by atoms with Crippen LogP contribution in [0.15, 0.2) is 82.6 Å². The van der Waals surface area contributed by atoms with E-state index in [2.05, 4.69) is 5.32 Å². The number of imide groups is 1. The molecule has 3 heterocycles. The number of hydrogen-bond acceptors (Lipinski definition) is 7. The number of amides is 3. The fraction of sp³-hybridized carbons (Fsp3) is 0.200. The van der Waals surface area contributed by atoms with Gasteiger partial charge in [-0.25, -0.2) is 9.29 Å².